The predicted octanol–water partition coefficient (Wildman–Crippen LogP) is 0.894. The minimum Gasteiger partial charge on any atom is -0.382 e. The summed E-state index contributed by atoms with van der Waals surface area (Å²) in [6.45, 7) is 4.99. The van der Waals surface area contributed by atoms with E-state index in [1.165, 1.54) is 0 Å². The third-order valence-electron chi connectivity index (χ3n) is 5.80. The highest BCUT2D eigenvalue weighted by molar-refractivity contribution is 6.06. The molecule has 0 bridgehead atoms. The number of nitrogen functional groups attached to an aromatic ring is 2. The van der Waals surface area contributed by atoms with Gasteiger partial charge in [0.1, 0.15) is 12.4 Å². The lowest BCUT2D eigenvalue weighted by Gasteiger charge is -2.31. The van der Waals surface area contributed by atoms with Gasteiger partial charge in [-0.05, 0) is 51.3 Å². The number of nitrogens with one attached hydrogen (secondary N) is 2. The minimum absolute atomic E-state index is 0.00458. The molecule has 12 nitrogen and oxygen atoms in total. The maximum absolute atomic E-state index is 12.3. The highest BCUT2D eigenvalue weighted by Gasteiger charge is 2.20. The van der Waals surface area contributed by atoms with E-state index in [4.69, 9.17) is 21.9 Å². The van der Waals surface area contributed by atoms with Gasteiger partial charge in [-0.15, -0.1) is 0 Å². The van der Waals surface area contributed by atoms with Crippen LogP contribution in [0.15, 0.2) is 35.3 Å². The Bertz CT molecular complexity index is 1050. The number of hydrogen-bond donors (Lipinski definition) is 5. The number of likely N-dealkylation sites (tertiary alicyclic amines) is 1. The van der Waals surface area contributed by atoms with Gasteiger partial charge in [-0.3, -0.25) is 19.9 Å². The molecule has 0 radical (unpaired) electrons. The van der Waals surface area contributed by atoms with Gasteiger partial charge in [-0.2, -0.15) is 0 Å². The van der Waals surface area contributed by atoms with Gasteiger partial charge in [-0.1, -0.05) is 18.2 Å². The molecule has 36 heavy (non-hydrogen) atoms. The summed E-state index contributed by atoms with van der Waals surface area (Å²) in [5.74, 6) is -0.599. The number of benzene rings is 1. The molecule has 0 saturated carbocycles. The zero-order valence-corrected chi connectivity index (χ0v) is 20.6. The number of unbranched alkanes of at least 4 members (excludes halogenated alkanes) is 1. The number of carbonyl (C=O) groups excluding carboxylic acids is 2. The van der Waals surface area contributed by atoms with Crippen LogP contribution in [0, 0.1) is 6.92 Å². The number of nitrogens with zero attached hydrogens (tertiary/aromatic N) is 4. The van der Waals surface area contributed by atoms with Crippen LogP contribution in [0.1, 0.15) is 41.9 Å². The van der Waals surface area contributed by atoms with E-state index in [0.717, 1.165) is 51.0 Å². The first-order valence-electron chi connectivity index (χ1n) is 12.0. The summed E-state index contributed by atoms with van der Waals surface area (Å²) >= 11 is 0. The van der Waals surface area contributed by atoms with Crippen molar-refractivity contribution in [3.8, 4) is 0 Å². The molecule has 1 saturated heterocycles. The van der Waals surface area contributed by atoms with Crippen LogP contribution >= 0.6 is 0 Å². The number of ether oxygens (including phenoxy) is 1. The zero-order chi connectivity index (χ0) is 25.9. The van der Waals surface area contributed by atoms with E-state index in [9.17, 15) is 9.59 Å². The van der Waals surface area contributed by atoms with Gasteiger partial charge < -0.3 is 32.2 Å². The first kappa shape index (κ1) is 26.8. The van der Waals surface area contributed by atoms with Crippen molar-refractivity contribution >= 4 is 35.1 Å². The Morgan fingerprint density at radius 3 is 2.56 bits per heavy atom. The summed E-state index contributed by atoms with van der Waals surface area (Å²) in [5, 5.41) is 5.31. The molecule has 1 fully saturated rings. The molecule has 2 aromatic rings. The van der Waals surface area contributed by atoms with E-state index >= 15 is 0 Å². The molecular weight excluding hydrogens is 462 g/mol. The van der Waals surface area contributed by atoms with Gasteiger partial charge in [-0.25, -0.2) is 9.97 Å². The lowest BCUT2D eigenvalue weighted by Crippen LogP contribution is -2.38. The van der Waals surface area contributed by atoms with Crippen LogP contribution in [0.5, 0.6) is 0 Å². The number of piperidine rings is 1. The molecular formula is C24H35N9O3. The van der Waals surface area contributed by atoms with Crippen molar-refractivity contribution in [2.75, 3.05) is 49.6 Å². The average molecular weight is 498 g/mol. The van der Waals surface area contributed by atoms with E-state index in [-0.39, 0.29) is 41.9 Å². The molecule has 0 aliphatic carbocycles. The van der Waals surface area contributed by atoms with E-state index in [0.29, 0.717) is 12.2 Å². The van der Waals surface area contributed by atoms with Crippen LogP contribution in [0.4, 0.5) is 17.3 Å². The Hall–Kier alpha value is -3.77. The molecule has 1 aromatic carbocycles. The number of para-hydroxylation sites is 1. The number of amides is 2. The molecule has 1 aromatic heterocycles. The summed E-state index contributed by atoms with van der Waals surface area (Å²) in [6.07, 6.45) is 3.67. The smallest absolute Gasteiger partial charge is 0.280 e. The number of aryl methyl sites for hydroxylation is 1. The Labute approximate surface area is 210 Å². The fourth-order valence-electron chi connectivity index (χ4n) is 3.79. The molecule has 8 N–H and O–H groups in total. The standard InChI is InChI=1S/C24H35N9O3/c1-16-21(25)31-22(26)20(29-16)23(35)32-24(27)28-11-5-6-12-33-13-9-18(10-14-33)36-15-19(34)30-17-7-3-2-4-8-17/h2-4,7-8,18H,5-6,9-15H2,1H3,(H,30,34)(H4,25,26,31)(H3,27,28,32,35). The predicted molar refractivity (Wildman–Crippen MR) is 139 cm³/mol. The van der Waals surface area contributed by atoms with Gasteiger partial charge >= 0.3 is 0 Å². The van der Waals surface area contributed by atoms with E-state index in [1.807, 2.05) is 30.3 Å². The van der Waals surface area contributed by atoms with Crippen LogP contribution in [-0.2, 0) is 9.53 Å². The van der Waals surface area contributed by atoms with Gasteiger partial charge in [0.15, 0.2) is 17.5 Å². The van der Waals surface area contributed by atoms with Crippen molar-refractivity contribution in [3.63, 3.8) is 0 Å². The monoisotopic (exact) mass is 497 g/mol. The van der Waals surface area contributed by atoms with Gasteiger partial charge in [0, 0.05) is 25.3 Å². The fourth-order valence-corrected chi connectivity index (χ4v) is 3.79. The summed E-state index contributed by atoms with van der Waals surface area (Å²) in [4.78, 5) is 38.9. The maximum atomic E-state index is 12.3. The number of guanidine groups is 1. The summed E-state index contributed by atoms with van der Waals surface area (Å²) in [6, 6.07) is 9.35. The quantitative estimate of drug-likeness (QED) is 0.180. The second-order valence-electron chi connectivity index (χ2n) is 8.62. The summed E-state index contributed by atoms with van der Waals surface area (Å²) in [5.41, 5.74) is 18.3. The second-order valence-corrected chi connectivity index (χ2v) is 8.62. The Morgan fingerprint density at radius 1 is 1.11 bits per heavy atom. The van der Waals surface area contributed by atoms with Crippen molar-refractivity contribution in [2.45, 2.75) is 38.7 Å². The molecule has 1 aliphatic rings. The number of nitrogens with two attached hydrogens (primary N) is 3. The third-order valence-corrected chi connectivity index (χ3v) is 5.80. The van der Waals surface area contributed by atoms with Crippen LogP contribution in [0.2, 0.25) is 0 Å². The fraction of sp³-hybridized carbons (Fsp3) is 0.458. The highest BCUT2D eigenvalue weighted by atomic mass is 16.5. The second kappa shape index (κ2) is 13.4. The van der Waals surface area contributed by atoms with Crippen molar-refractivity contribution in [2.24, 2.45) is 10.7 Å². The summed E-state index contributed by atoms with van der Waals surface area (Å²) < 4.78 is 5.79. The number of carbonyl (C=O) groups is 2. The molecule has 2 amide bonds. The molecule has 194 valence electrons. The SMILES string of the molecule is Cc1nc(C(=O)NC(N)=NCCCCN2CCC(OCC(=O)Nc3ccccc3)CC2)c(N)nc1N. The lowest BCUT2D eigenvalue weighted by atomic mass is 10.1. The third kappa shape index (κ3) is 8.47. The molecule has 3 rings (SSSR count). The topological polar surface area (TPSA) is 187 Å². The number of aromatic nitrogens is 2. The van der Waals surface area contributed by atoms with Crippen molar-refractivity contribution in [1.82, 2.24) is 20.2 Å². The van der Waals surface area contributed by atoms with Gasteiger partial charge in [0.25, 0.3) is 5.91 Å². The number of hydrogen-bond acceptors (Lipinski definition) is 9. The van der Waals surface area contributed by atoms with Crippen LogP contribution in [0.25, 0.3) is 0 Å². The van der Waals surface area contributed by atoms with Crippen LogP contribution in [0.3, 0.4) is 0 Å². The Kier molecular flexibility index (Phi) is 9.95. The van der Waals surface area contributed by atoms with E-state index in [1.54, 1.807) is 6.92 Å². The zero-order valence-electron chi connectivity index (χ0n) is 20.6. The van der Waals surface area contributed by atoms with Crippen molar-refractivity contribution in [3.05, 3.63) is 41.7 Å². The van der Waals surface area contributed by atoms with Crippen molar-refractivity contribution < 1.29 is 14.3 Å². The van der Waals surface area contributed by atoms with Crippen LogP contribution in [-0.4, -0.2) is 71.5 Å². The average Bonchev–Trinajstić information content (AvgIpc) is 2.86. The molecule has 0 unspecified atom stereocenters. The van der Waals surface area contributed by atoms with Crippen LogP contribution < -0.4 is 27.8 Å². The van der Waals surface area contributed by atoms with Gasteiger partial charge in [0.05, 0.1) is 11.8 Å². The first-order chi connectivity index (χ1) is 17.3. The minimum atomic E-state index is -0.577. The normalized spacial score (nSPS) is 15.0. The molecule has 0 spiro atoms. The maximum Gasteiger partial charge on any atom is 0.280 e. The number of aliphatic imine (C=N–C) groups is 1. The molecule has 1 aliphatic heterocycles. The van der Waals surface area contributed by atoms with Gasteiger partial charge in [0.2, 0.25) is 5.91 Å². The van der Waals surface area contributed by atoms with E-state index in [2.05, 4.69) is 30.5 Å². The summed E-state index contributed by atoms with van der Waals surface area (Å²) in [7, 11) is 0. The van der Waals surface area contributed by atoms with E-state index < -0.39 is 5.91 Å². The molecule has 2 heterocycles. The number of anilines is 3. The Morgan fingerprint density at radius 2 is 1.83 bits per heavy atom. The molecule has 0 atom stereocenters. The molecule has 12 heteroatoms. The van der Waals surface area contributed by atoms with Crippen molar-refractivity contribution in [1.29, 1.82) is 0 Å². The lowest BCUT2D eigenvalue weighted by molar-refractivity contribution is -0.123. The largest absolute Gasteiger partial charge is 0.382 e. The Balaban J connectivity index is 1.27. The highest BCUT2D eigenvalue weighted by Crippen LogP contribution is 2.15. The number of rotatable bonds is 10. The first-order valence-corrected chi connectivity index (χ1v) is 12.0.